The van der Waals surface area contributed by atoms with Crippen molar-refractivity contribution in [2.24, 2.45) is 0 Å². The molecule has 5 heterocycles. The molecule has 0 radical (unpaired) electrons. The highest BCUT2D eigenvalue weighted by molar-refractivity contribution is 7.19. The highest BCUT2D eigenvalue weighted by Crippen LogP contribution is 2.37. The Kier molecular flexibility index (Phi) is 4.13. The molecule has 0 fully saturated rings. The minimum atomic E-state index is -4.61. The molecule has 1 aliphatic heterocycles. The van der Waals surface area contributed by atoms with E-state index in [2.05, 4.69) is 32.1 Å². The molecule has 1 aliphatic rings. The summed E-state index contributed by atoms with van der Waals surface area (Å²) in [7, 11) is 2.08. The molecule has 0 atom stereocenters. The molecule has 152 valence electrons. The third-order valence-electron chi connectivity index (χ3n) is 5.11. The lowest BCUT2D eigenvalue weighted by Crippen LogP contribution is -2.25. The van der Waals surface area contributed by atoms with Crippen LogP contribution in [0.15, 0.2) is 6.33 Å². The van der Waals surface area contributed by atoms with E-state index in [-0.39, 0.29) is 12.2 Å². The van der Waals surface area contributed by atoms with Crippen LogP contribution < -0.4 is 0 Å². The molecule has 0 saturated heterocycles. The summed E-state index contributed by atoms with van der Waals surface area (Å²) >= 11 is 7.48. The lowest BCUT2D eigenvalue weighted by atomic mass is 10.1. The van der Waals surface area contributed by atoms with Gasteiger partial charge in [-0.05, 0) is 26.0 Å². The van der Waals surface area contributed by atoms with E-state index in [1.54, 1.807) is 22.2 Å². The number of fused-ring (bicyclic) bond motifs is 5. The third kappa shape index (κ3) is 2.99. The molecule has 0 amide bonds. The van der Waals surface area contributed by atoms with Gasteiger partial charge in [-0.2, -0.15) is 18.3 Å². The molecular formula is C17H15ClF3N7S. The van der Waals surface area contributed by atoms with E-state index in [0.29, 0.717) is 11.5 Å². The van der Waals surface area contributed by atoms with E-state index < -0.39 is 16.9 Å². The number of likely N-dealkylation sites (N-methyl/N-ethyl adjacent to an activating group) is 1. The van der Waals surface area contributed by atoms with Crippen LogP contribution in [0.5, 0.6) is 0 Å². The van der Waals surface area contributed by atoms with Crippen molar-refractivity contribution in [3.63, 3.8) is 0 Å². The second-order valence-electron chi connectivity index (χ2n) is 7.12. The monoisotopic (exact) mass is 441 g/mol. The zero-order valence-corrected chi connectivity index (χ0v) is 17.0. The lowest BCUT2D eigenvalue weighted by molar-refractivity contribution is -0.141. The van der Waals surface area contributed by atoms with Gasteiger partial charge in [-0.25, -0.2) is 14.5 Å². The number of hydrogen-bond donors (Lipinski definition) is 0. The van der Waals surface area contributed by atoms with Crippen LogP contribution in [0.25, 0.3) is 15.9 Å². The summed E-state index contributed by atoms with van der Waals surface area (Å²) in [6.07, 6.45) is -2.12. The molecule has 29 heavy (non-hydrogen) atoms. The fourth-order valence-corrected chi connectivity index (χ4v) is 5.13. The zero-order chi connectivity index (χ0) is 20.5. The number of halogens is 4. The second kappa shape index (κ2) is 6.38. The van der Waals surface area contributed by atoms with Crippen LogP contribution in [-0.2, 0) is 25.7 Å². The van der Waals surface area contributed by atoms with Crippen LogP contribution in [0.4, 0.5) is 13.2 Å². The van der Waals surface area contributed by atoms with Gasteiger partial charge in [-0.15, -0.1) is 16.4 Å². The van der Waals surface area contributed by atoms with Crippen LogP contribution in [0.3, 0.4) is 0 Å². The maximum atomic E-state index is 13.1. The van der Waals surface area contributed by atoms with E-state index in [4.69, 9.17) is 11.6 Å². The van der Waals surface area contributed by atoms with E-state index in [1.807, 2.05) is 0 Å². The van der Waals surface area contributed by atoms with Gasteiger partial charge in [0.15, 0.2) is 17.2 Å². The molecule has 4 aromatic heterocycles. The smallest absolute Gasteiger partial charge is 0.301 e. The molecule has 0 N–H and O–H groups in total. The average molecular weight is 442 g/mol. The lowest BCUT2D eigenvalue weighted by Gasteiger charge is -2.21. The standard InChI is InChI=1S/C17H15ClF3N7S/c1-8-13(18)14(17(19,20)21)25-27(8)6-11-23-15-12-9-3-4-26(2)5-10(9)29-16(12)22-7-28(15)24-11/h7H,3-6H2,1-2H3. The van der Waals surface area contributed by atoms with Gasteiger partial charge in [-0.3, -0.25) is 4.68 Å². The highest BCUT2D eigenvalue weighted by atomic mass is 35.5. The first-order valence-corrected chi connectivity index (χ1v) is 10.0. The van der Waals surface area contributed by atoms with Crippen molar-refractivity contribution >= 4 is 38.8 Å². The fourth-order valence-electron chi connectivity index (χ4n) is 3.62. The van der Waals surface area contributed by atoms with Crippen molar-refractivity contribution in [2.75, 3.05) is 13.6 Å². The van der Waals surface area contributed by atoms with Crippen molar-refractivity contribution in [3.8, 4) is 0 Å². The van der Waals surface area contributed by atoms with Crippen molar-refractivity contribution in [2.45, 2.75) is 32.6 Å². The highest BCUT2D eigenvalue weighted by Gasteiger charge is 2.38. The minimum absolute atomic E-state index is 0.0140. The number of thiophene rings is 1. The maximum Gasteiger partial charge on any atom is 0.436 e. The summed E-state index contributed by atoms with van der Waals surface area (Å²) in [6.45, 7) is 3.30. The van der Waals surface area contributed by atoms with Gasteiger partial charge in [0.05, 0.1) is 16.1 Å². The van der Waals surface area contributed by atoms with Crippen molar-refractivity contribution in [1.29, 1.82) is 0 Å². The maximum absolute atomic E-state index is 13.1. The number of rotatable bonds is 2. The predicted octanol–water partition coefficient (Wildman–Crippen LogP) is 3.55. The molecule has 0 aliphatic carbocycles. The normalized spacial score (nSPS) is 15.5. The van der Waals surface area contributed by atoms with Gasteiger partial charge in [0.25, 0.3) is 0 Å². The Morgan fingerprint density at radius 3 is 2.79 bits per heavy atom. The Labute approximate surface area is 171 Å². The quantitative estimate of drug-likeness (QED) is 0.476. The largest absolute Gasteiger partial charge is 0.436 e. The zero-order valence-electron chi connectivity index (χ0n) is 15.5. The Bertz CT molecular complexity index is 1260. The third-order valence-corrected chi connectivity index (χ3v) is 6.68. The summed E-state index contributed by atoms with van der Waals surface area (Å²) in [4.78, 5) is 13.5. The molecule has 0 saturated carbocycles. The summed E-state index contributed by atoms with van der Waals surface area (Å²) in [5.41, 5.74) is 1.02. The van der Waals surface area contributed by atoms with Crippen LogP contribution >= 0.6 is 22.9 Å². The van der Waals surface area contributed by atoms with Crippen LogP contribution in [0, 0.1) is 6.92 Å². The number of hydrogen-bond acceptors (Lipinski definition) is 6. The average Bonchev–Trinajstić information content (AvgIpc) is 3.29. The van der Waals surface area contributed by atoms with Crippen molar-refractivity contribution in [1.82, 2.24) is 34.3 Å². The van der Waals surface area contributed by atoms with Crippen LogP contribution in [0.2, 0.25) is 5.02 Å². The Morgan fingerprint density at radius 1 is 1.28 bits per heavy atom. The van der Waals surface area contributed by atoms with E-state index in [1.165, 1.54) is 22.0 Å². The Balaban J connectivity index is 1.58. The van der Waals surface area contributed by atoms with Gasteiger partial charge in [0.1, 0.15) is 17.7 Å². The number of nitrogens with zero attached hydrogens (tertiary/aromatic N) is 7. The summed E-state index contributed by atoms with van der Waals surface area (Å²) in [6, 6.07) is 0. The van der Waals surface area contributed by atoms with Gasteiger partial charge < -0.3 is 4.90 Å². The van der Waals surface area contributed by atoms with Crippen molar-refractivity contribution in [3.05, 3.63) is 39.0 Å². The number of aromatic nitrogens is 6. The Hall–Kier alpha value is -2.24. The molecule has 12 heteroatoms. The molecule has 5 rings (SSSR count). The summed E-state index contributed by atoms with van der Waals surface area (Å²) in [5.74, 6) is 0.350. The first-order valence-electron chi connectivity index (χ1n) is 8.85. The molecule has 0 spiro atoms. The van der Waals surface area contributed by atoms with E-state index >= 15 is 0 Å². The molecule has 0 aromatic carbocycles. The first-order chi connectivity index (χ1) is 13.7. The van der Waals surface area contributed by atoms with Crippen LogP contribution in [-0.4, -0.2) is 47.9 Å². The molecular weight excluding hydrogens is 427 g/mol. The van der Waals surface area contributed by atoms with Crippen molar-refractivity contribution < 1.29 is 13.2 Å². The summed E-state index contributed by atoms with van der Waals surface area (Å²) < 4.78 is 42.0. The van der Waals surface area contributed by atoms with Gasteiger partial charge in [0.2, 0.25) is 0 Å². The first kappa shape index (κ1) is 18.8. The fraction of sp³-hybridized carbons (Fsp3) is 0.412. The topological polar surface area (TPSA) is 64.1 Å². The van der Waals surface area contributed by atoms with Gasteiger partial charge in [0, 0.05) is 18.0 Å². The number of alkyl halides is 3. The van der Waals surface area contributed by atoms with Crippen LogP contribution in [0.1, 0.15) is 27.7 Å². The minimum Gasteiger partial charge on any atom is -0.301 e. The molecule has 7 nitrogen and oxygen atoms in total. The molecule has 0 bridgehead atoms. The van der Waals surface area contributed by atoms with Gasteiger partial charge in [-0.1, -0.05) is 11.6 Å². The van der Waals surface area contributed by atoms with E-state index in [0.717, 1.165) is 29.7 Å². The SMILES string of the molecule is Cc1c(Cl)c(C(F)(F)F)nn1Cc1nc2c3c4c(sc3ncn2n1)CN(C)CC4. The Morgan fingerprint density at radius 2 is 2.07 bits per heavy atom. The molecule has 0 unspecified atom stereocenters. The summed E-state index contributed by atoms with van der Waals surface area (Å²) in [5, 5.41) is 8.60. The molecule has 4 aromatic rings. The predicted molar refractivity (Wildman–Crippen MR) is 102 cm³/mol. The second-order valence-corrected chi connectivity index (χ2v) is 8.58. The van der Waals surface area contributed by atoms with Gasteiger partial charge >= 0.3 is 6.18 Å². The van der Waals surface area contributed by atoms with E-state index in [9.17, 15) is 13.2 Å².